The van der Waals surface area contributed by atoms with Gasteiger partial charge in [0.05, 0.1) is 11.2 Å². The summed E-state index contributed by atoms with van der Waals surface area (Å²) < 4.78 is 0. The number of carbonyl (C=O) groups is 1. The third kappa shape index (κ3) is 3.65. The van der Waals surface area contributed by atoms with Crippen molar-refractivity contribution >= 4 is 28.6 Å². The molecule has 2 heterocycles. The lowest BCUT2D eigenvalue weighted by molar-refractivity contribution is 0.103. The molecule has 1 aliphatic rings. The second-order valence-electron chi connectivity index (χ2n) is 5.65. The van der Waals surface area contributed by atoms with Crippen LogP contribution in [0, 0.1) is 6.92 Å². The molecule has 0 spiro atoms. The molecule has 0 bridgehead atoms. The molecule has 4 nitrogen and oxygen atoms in total. The molecule has 1 aliphatic heterocycles. The van der Waals surface area contributed by atoms with Crippen LogP contribution in [-0.4, -0.2) is 24.0 Å². The molecule has 1 amide bonds. The summed E-state index contributed by atoms with van der Waals surface area (Å²) in [6, 6.07) is 8.15. The van der Waals surface area contributed by atoms with Gasteiger partial charge >= 0.3 is 0 Å². The van der Waals surface area contributed by atoms with Gasteiger partial charge in [0.1, 0.15) is 4.88 Å². The Bertz CT molecular complexity index is 628. The van der Waals surface area contributed by atoms with E-state index >= 15 is 0 Å². The zero-order chi connectivity index (χ0) is 15.4. The van der Waals surface area contributed by atoms with E-state index in [4.69, 9.17) is 0 Å². The summed E-state index contributed by atoms with van der Waals surface area (Å²) in [6.07, 6.45) is 6.82. The number of thiazole rings is 1. The maximum atomic E-state index is 12.1. The van der Waals surface area contributed by atoms with Gasteiger partial charge in [0.2, 0.25) is 0 Å². The highest BCUT2D eigenvalue weighted by Crippen LogP contribution is 2.22. The van der Waals surface area contributed by atoms with Crippen LogP contribution in [0.15, 0.2) is 30.5 Å². The topological polar surface area (TPSA) is 45.2 Å². The van der Waals surface area contributed by atoms with Crippen molar-refractivity contribution in [3.8, 4) is 0 Å². The number of hydrogen-bond donors (Lipinski definition) is 1. The maximum absolute atomic E-state index is 12.1. The molecule has 22 heavy (non-hydrogen) atoms. The largest absolute Gasteiger partial charge is 0.372 e. The number of aromatic nitrogens is 1. The second kappa shape index (κ2) is 6.92. The van der Waals surface area contributed by atoms with E-state index in [1.165, 1.54) is 42.7 Å². The zero-order valence-corrected chi connectivity index (χ0v) is 13.7. The minimum absolute atomic E-state index is 0.0897. The van der Waals surface area contributed by atoms with Crippen LogP contribution in [-0.2, 0) is 0 Å². The first-order chi connectivity index (χ1) is 10.7. The van der Waals surface area contributed by atoms with E-state index in [0.29, 0.717) is 4.88 Å². The average molecular weight is 315 g/mol. The van der Waals surface area contributed by atoms with Crippen molar-refractivity contribution in [1.29, 1.82) is 0 Å². The van der Waals surface area contributed by atoms with Gasteiger partial charge in [0.15, 0.2) is 0 Å². The van der Waals surface area contributed by atoms with Crippen molar-refractivity contribution < 1.29 is 4.79 Å². The number of carbonyl (C=O) groups excluding carboxylic acids is 1. The number of benzene rings is 1. The Morgan fingerprint density at radius 1 is 1.14 bits per heavy atom. The summed E-state index contributed by atoms with van der Waals surface area (Å²) in [6.45, 7) is 4.16. The number of anilines is 2. The van der Waals surface area contributed by atoms with Crippen LogP contribution < -0.4 is 10.2 Å². The van der Waals surface area contributed by atoms with Gasteiger partial charge in [-0.15, -0.1) is 11.3 Å². The molecule has 1 saturated heterocycles. The quantitative estimate of drug-likeness (QED) is 0.928. The molecule has 0 radical (unpaired) electrons. The van der Waals surface area contributed by atoms with Crippen LogP contribution >= 0.6 is 11.3 Å². The van der Waals surface area contributed by atoms with Crippen LogP contribution in [0.25, 0.3) is 0 Å². The molecule has 1 fully saturated rings. The second-order valence-corrected chi connectivity index (χ2v) is 6.88. The molecule has 1 aromatic carbocycles. The molecule has 0 atom stereocenters. The minimum Gasteiger partial charge on any atom is -0.372 e. The summed E-state index contributed by atoms with van der Waals surface area (Å²) in [5, 5.41) is 3.83. The fourth-order valence-electron chi connectivity index (χ4n) is 2.74. The highest BCUT2D eigenvalue weighted by atomic mass is 32.1. The van der Waals surface area contributed by atoms with E-state index in [1.54, 1.807) is 6.20 Å². The molecule has 1 N–H and O–H groups in total. The van der Waals surface area contributed by atoms with Crippen LogP contribution in [0.3, 0.4) is 0 Å². The first-order valence-electron chi connectivity index (χ1n) is 7.81. The van der Waals surface area contributed by atoms with Crippen molar-refractivity contribution in [3.05, 3.63) is 40.3 Å². The first kappa shape index (κ1) is 15.0. The molecular weight excluding hydrogens is 294 g/mol. The van der Waals surface area contributed by atoms with Gasteiger partial charge in [-0.3, -0.25) is 4.79 Å². The number of nitrogens with one attached hydrogen (secondary N) is 1. The Kier molecular flexibility index (Phi) is 4.73. The Morgan fingerprint density at radius 2 is 1.82 bits per heavy atom. The normalized spacial score (nSPS) is 15.4. The van der Waals surface area contributed by atoms with Gasteiger partial charge in [-0.25, -0.2) is 4.98 Å². The van der Waals surface area contributed by atoms with Gasteiger partial charge in [-0.1, -0.05) is 12.8 Å². The van der Waals surface area contributed by atoms with Crippen LogP contribution in [0.4, 0.5) is 11.4 Å². The first-order valence-corrected chi connectivity index (χ1v) is 8.63. The predicted molar refractivity (Wildman–Crippen MR) is 91.9 cm³/mol. The van der Waals surface area contributed by atoms with Crippen molar-refractivity contribution in [2.24, 2.45) is 0 Å². The Balaban J connectivity index is 1.64. The fourth-order valence-corrected chi connectivity index (χ4v) is 3.42. The molecule has 0 unspecified atom stereocenters. The minimum atomic E-state index is -0.0897. The van der Waals surface area contributed by atoms with E-state index in [0.717, 1.165) is 23.8 Å². The predicted octanol–water partition coefficient (Wildman–Crippen LogP) is 4.08. The van der Waals surface area contributed by atoms with Gasteiger partial charge in [0.25, 0.3) is 5.91 Å². The van der Waals surface area contributed by atoms with Crippen molar-refractivity contribution in [1.82, 2.24) is 4.98 Å². The lowest BCUT2D eigenvalue weighted by atomic mass is 10.2. The van der Waals surface area contributed by atoms with Crippen LogP contribution in [0.1, 0.15) is 40.4 Å². The van der Waals surface area contributed by atoms with Crippen molar-refractivity contribution in [3.63, 3.8) is 0 Å². The summed E-state index contributed by atoms with van der Waals surface area (Å²) in [7, 11) is 0. The number of nitrogens with zero attached hydrogens (tertiary/aromatic N) is 2. The molecule has 3 rings (SSSR count). The zero-order valence-electron chi connectivity index (χ0n) is 12.8. The smallest absolute Gasteiger partial charge is 0.267 e. The molecule has 116 valence electrons. The highest BCUT2D eigenvalue weighted by Gasteiger charge is 2.11. The molecule has 5 heteroatoms. The number of aryl methyl sites for hydroxylation is 1. The molecule has 0 aliphatic carbocycles. The van der Waals surface area contributed by atoms with E-state index in [1.807, 2.05) is 19.1 Å². The number of rotatable bonds is 3. The Labute approximate surface area is 135 Å². The van der Waals surface area contributed by atoms with E-state index in [2.05, 4.69) is 27.3 Å². The number of hydrogen-bond acceptors (Lipinski definition) is 4. The van der Waals surface area contributed by atoms with Crippen LogP contribution in [0.2, 0.25) is 0 Å². The summed E-state index contributed by atoms with van der Waals surface area (Å²) in [5.41, 5.74) is 2.07. The van der Waals surface area contributed by atoms with Crippen molar-refractivity contribution in [2.75, 3.05) is 23.3 Å². The van der Waals surface area contributed by atoms with E-state index in [9.17, 15) is 4.79 Å². The van der Waals surface area contributed by atoms with Gasteiger partial charge in [-0.05, 0) is 44.0 Å². The SMILES string of the molecule is Cc1ncc(C(=O)Nc2ccc(N3CCCCCC3)cc2)s1. The van der Waals surface area contributed by atoms with Crippen molar-refractivity contribution in [2.45, 2.75) is 32.6 Å². The Hall–Kier alpha value is -1.88. The highest BCUT2D eigenvalue weighted by molar-refractivity contribution is 7.13. The third-order valence-corrected chi connectivity index (χ3v) is 4.85. The monoisotopic (exact) mass is 315 g/mol. The Morgan fingerprint density at radius 3 is 2.41 bits per heavy atom. The standard InChI is InChI=1S/C17H21N3OS/c1-13-18-12-16(22-13)17(21)19-14-6-8-15(9-7-14)20-10-4-2-3-5-11-20/h6-9,12H,2-5,10-11H2,1H3,(H,19,21). The molecular formula is C17H21N3OS. The van der Waals surface area contributed by atoms with Gasteiger partial charge < -0.3 is 10.2 Å². The summed E-state index contributed by atoms with van der Waals surface area (Å²) >= 11 is 1.41. The van der Waals surface area contributed by atoms with Gasteiger partial charge in [0, 0.05) is 24.5 Å². The summed E-state index contributed by atoms with van der Waals surface area (Å²) in [4.78, 5) is 19.3. The van der Waals surface area contributed by atoms with Crippen LogP contribution in [0.5, 0.6) is 0 Å². The van der Waals surface area contributed by atoms with E-state index in [-0.39, 0.29) is 5.91 Å². The lowest BCUT2D eigenvalue weighted by Gasteiger charge is -2.22. The molecule has 2 aromatic rings. The fraction of sp³-hybridized carbons (Fsp3) is 0.412. The summed E-state index contributed by atoms with van der Waals surface area (Å²) in [5.74, 6) is -0.0897. The maximum Gasteiger partial charge on any atom is 0.267 e. The van der Waals surface area contributed by atoms with E-state index < -0.39 is 0 Å². The average Bonchev–Trinajstić information content (AvgIpc) is 2.80. The molecule has 1 aromatic heterocycles. The lowest BCUT2D eigenvalue weighted by Crippen LogP contribution is -2.23. The van der Waals surface area contributed by atoms with Gasteiger partial charge in [-0.2, -0.15) is 0 Å². The molecule has 0 saturated carbocycles. The number of amides is 1. The third-order valence-electron chi connectivity index (χ3n) is 3.94.